The van der Waals surface area contributed by atoms with Crippen LogP contribution < -0.4 is 0 Å². The second kappa shape index (κ2) is 6.20. The SMILES string of the molecule is CCN1CCCCC1C1(C)OCC(CC(=O)OC)O1. The number of hydrogen-bond acceptors (Lipinski definition) is 5. The Morgan fingerprint density at radius 2 is 2.26 bits per heavy atom. The Labute approximate surface area is 115 Å². The van der Waals surface area contributed by atoms with Crippen molar-refractivity contribution in [3.63, 3.8) is 0 Å². The monoisotopic (exact) mass is 271 g/mol. The standard InChI is InChI=1S/C14H25NO4/c1-4-15-8-6-5-7-12(15)14(2)18-10-11(19-14)9-13(16)17-3/h11-12H,4-10H2,1-3H3. The van der Waals surface area contributed by atoms with E-state index < -0.39 is 5.79 Å². The van der Waals surface area contributed by atoms with E-state index in [0.29, 0.717) is 6.61 Å². The largest absolute Gasteiger partial charge is 0.469 e. The van der Waals surface area contributed by atoms with Crippen LogP contribution in [0.4, 0.5) is 0 Å². The van der Waals surface area contributed by atoms with E-state index in [4.69, 9.17) is 9.47 Å². The van der Waals surface area contributed by atoms with Gasteiger partial charge in [-0.2, -0.15) is 0 Å². The van der Waals surface area contributed by atoms with E-state index in [-0.39, 0.29) is 24.5 Å². The van der Waals surface area contributed by atoms with Crippen molar-refractivity contribution < 1.29 is 19.0 Å². The molecule has 2 aliphatic heterocycles. The lowest BCUT2D eigenvalue weighted by Crippen LogP contribution is -2.54. The van der Waals surface area contributed by atoms with Crippen molar-refractivity contribution in [2.45, 2.75) is 57.5 Å². The number of ether oxygens (including phenoxy) is 3. The average molecular weight is 271 g/mol. The number of piperidine rings is 1. The van der Waals surface area contributed by atoms with Gasteiger partial charge in [-0.15, -0.1) is 0 Å². The summed E-state index contributed by atoms with van der Waals surface area (Å²) in [6.45, 7) is 6.75. The van der Waals surface area contributed by atoms with Crippen molar-refractivity contribution in [2.24, 2.45) is 0 Å². The van der Waals surface area contributed by atoms with Crippen molar-refractivity contribution in [3.05, 3.63) is 0 Å². The molecule has 0 aromatic carbocycles. The van der Waals surface area contributed by atoms with Crippen molar-refractivity contribution in [1.82, 2.24) is 4.90 Å². The summed E-state index contributed by atoms with van der Waals surface area (Å²) in [7, 11) is 1.40. The van der Waals surface area contributed by atoms with Gasteiger partial charge < -0.3 is 14.2 Å². The van der Waals surface area contributed by atoms with E-state index >= 15 is 0 Å². The van der Waals surface area contributed by atoms with Gasteiger partial charge in [0.05, 0.1) is 32.3 Å². The normalized spacial score (nSPS) is 36.4. The number of methoxy groups -OCH3 is 1. The van der Waals surface area contributed by atoms with Crippen LogP contribution in [0.5, 0.6) is 0 Å². The van der Waals surface area contributed by atoms with E-state index in [1.807, 2.05) is 6.92 Å². The highest BCUT2D eigenvalue weighted by Crippen LogP contribution is 2.35. The molecule has 5 heteroatoms. The molecule has 5 nitrogen and oxygen atoms in total. The van der Waals surface area contributed by atoms with Crippen molar-refractivity contribution in [2.75, 3.05) is 26.8 Å². The number of hydrogen-bond donors (Lipinski definition) is 0. The molecule has 2 heterocycles. The molecular weight excluding hydrogens is 246 g/mol. The van der Waals surface area contributed by atoms with Crippen molar-refractivity contribution in [1.29, 1.82) is 0 Å². The van der Waals surface area contributed by atoms with Crippen molar-refractivity contribution in [3.8, 4) is 0 Å². The maximum Gasteiger partial charge on any atom is 0.308 e. The number of likely N-dealkylation sites (N-methyl/N-ethyl adjacent to an activating group) is 1. The molecule has 0 aliphatic carbocycles. The minimum atomic E-state index is -0.588. The third-order valence-corrected chi connectivity index (χ3v) is 4.20. The average Bonchev–Trinajstić information content (AvgIpc) is 2.81. The van der Waals surface area contributed by atoms with E-state index in [1.54, 1.807) is 0 Å². The highest BCUT2D eigenvalue weighted by molar-refractivity contribution is 5.69. The molecule has 0 saturated carbocycles. The summed E-state index contributed by atoms with van der Waals surface area (Å²) in [5, 5.41) is 0. The van der Waals surface area contributed by atoms with Crippen LogP contribution in [-0.4, -0.2) is 55.6 Å². The maximum absolute atomic E-state index is 11.3. The second-order valence-electron chi connectivity index (χ2n) is 5.49. The number of likely N-dealkylation sites (tertiary alicyclic amines) is 1. The summed E-state index contributed by atoms with van der Waals surface area (Å²) in [5.41, 5.74) is 0. The zero-order valence-corrected chi connectivity index (χ0v) is 12.2. The minimum Gasteiger partial charge on any atom is -0.469 e. The lowest BCUT2D eigenvalue weighted by atomic mass is 9.95. The van der Waals surface area contributed by atoms with Gasteiger partial charge in [0, 0.05) is 0 Å². The van der Waals surface area contributed by atoms with Crippen LogP contribution in [0.15, 0.2) is 0 Å². The molecule has 2 fully saturated rings. The molecule has 0 N–H and O–H groups in total. The summed E-state index contributed by atoms with van der Waals surface area (Å²) in [5.74, 6) is -0.830. The summed E-state index contributed by atoms with van der Waals surface area (Å²) in [6, 6.07) is 0.286. The van der Waals surface area contributed by atoms with E-state index in [9.17, 15) is 4.79 Å². The molecule has 0 spiro atoms. The molecule has 2 rings (SSSR count). The van der Waals surface area contributed by atoms with Gasteiger partial charge in [-0.3, -0.25) is 9.69 Å². The fourth-order valence-electron chi connectivity index (χ4n) is 3.17. The number of esters is 1. The fourth-order valence-corrected chi connectivity index (χ4v) is 3.17. The molecule has 2 aliphatic rings. The molecule has 0 radical (unpaired) electrons. The first-order valence-corrected chi connectivity index (χ1v) is 7.21. The summed E-state index contributed by atoms with van der Waals surface area (Å²) in [6.07, 6.45) is 3.63. The van der Waals surface area contributed by atoms with E-state index in [1.165, 1.54) is 20.0 Å². The highest BCUT2D eigenvalue weighted by Gasteiger charge is 2.47. The van der Waals surface area contributed by atoms with Crippen LogP contribution in [0.2, 0.25) is 0 Å². The van der Waals surface area contributed by atoms with Crippen LogP contribution >= 0.6 is 0 Å². The highest BCUT2D eigenvalue weighted by atomic mass is 16.7. The third-order valence-electron chi connectivity index (χ3n) is 4.20. The Balaban J connectivity index is 1.97. The molecule has 0 aromatic heterocycles. The third kappa shape index (κ3) is 3.27. The van der Waals surface area contributed by atoms with Crippen molar-refractivity contribution >= 4 is 5.97 Å². The van der Waals surface area contributed by atoms with Gasteiger partial charge in [0.2, 0.25) is 0 Å². The molecule has 110 valence electrons. The van der Waals surface area contributed by atoms with Gasteiger partial charge in [-0.1, -0.05) is 13.3 Å². The van der Waals surface area contributed by atoms with Crippen LogP contribution in [0.1, 0.15) is 39.5 Å². The molecule has 0 aromatic rings. The summed E-state index contributed by atoms with van der Waals surface area (Å²) in [4.78, 5) is 13.7. The predicted octanol–water partition coefficient (Wildman–Crippen LogP) is 1.56. The summed E-state index contributed by atoms with van der Waals surface area (Å²) >= 11 is 0. The smallest absolute Gasteiger partial charge is 0.308 e. The molecule has 0 bridgehead atoms. The van der Waals surface area contributed by atoms with Gasteiger partial charge in [0.1, 0.15) is 0 Å². The number of carbonyl (C=O) groups excluding carboxylic acids is 1. The van der Waals surface area contributed by atoms with Gasteiger partial charge in [0.15, 0.2) is 5.79 Å². The van der Waals surface area contributed by atoms with Gasteiger partial charge in [-0.05, 0) is 32.9 Å². The topological polar surface area (TPSA) is 48.0 Å². The Morgan fingerprint density at radius 1 is 1.47 bits per heavy atom. The first-order valence-electron chi connectivity index (χ1n) is 7.21. The minimum absolute atomic E-state index is 0.182. The first-order chi connectivity index (χ1) is 9.09. The molecule has 3 unspecified atom stereocenters. The molecule has 3 atom stereocenters. The fraction of sp³-hybridized carbons (Fsp3) is 0.929. The number of carbonyl (C=O) groups is 1. The van der Waals surface area contributed by atoms with Gasteiger partial charge in [-0.25, -0.2) is 0 Å². The van der Waals surface area contributed by atoms with E-state index in [2.05, 4.69) is 16.6 Å². The number of nitrogens with zero attached hydrogens (tertiary/aromatic N) is 1. The molecular formula is C14H25NO4. The Hall–Kier alpha value is -0.650. The summed E-state index contributed by atoms with van der Waals surface area (Å²) < 4.78 is 16.6. The molecule has 2 saturated heterocycles. The zero-order valence-electron chi connectivity index (χ0n) is 12.2. The van der Waals surface area contributed by atoms with E-state index in [0.717, 1.165) is 19.5 Å². The number of rotatable bonds is 4. The van der Waals surface area contributed by atoms with Crippen LogP contribution in [-0.2, 0) is 19.0 Å². The second-order valence-corrected chi connectivity index (χ2v) is 5.49. The lowest BCUT2D eigenvalue weighted by molar-refractivity contribution is -0.205. The quantitative estimate of drug-likeness (QED) is 0.726. The van der Waals surface area contributed by atoms with Crippen LogP contribution in [0.25, 0.3) is 0 Å². The Morgan fingerprint density at radius 3 is 2.95 bits per heavy atom. The Bertz CT molecular complexity index is 323. The predicted molar refractivity (Wildman–Crippen MR) is 70.7 cm³/mol. The van der Waals surface area contributed by atoms with Gasteiger partial charge in [0.25, 0.3) is 0 Å². The van der Waals surface area contributed by atoms with Crippen LogP contribution in [0.3, 0.4) is 0 Å². The van der Waals surface area contributed by atoms with Crippen LogP contribution in [0, 0.1) is 0 Å². The van der Waals surface area contributed by atoms with Gasteiger partial charge >= 0.3 is 5.97 Å². The Kier molecular flexibility index (Phi) is 4.81. The molecule has 0 amide bonds. The zero-order chi connectivity index (χ0) is 13.9. The lowest BCUT2D eigenvalue weighted by Gasteiger charge is -2.43. The molecule has 19 heavy (non-hydrogen) atoms. The maximum atomic E-state index is 11.3. The first kappa shape index (κ1) is 14.8.